The molecule has 1 aromatic rings. The van der Waals surface area contributed by atoms with E-state index in [0.717, 1.165) is 4.78 Å². The molecule has 0 unspecified atom stereocenters. The van der Waals surface area contributed by atoms with Crippen molar-refractivity contribution in [1.82, 2.24) is 4.98 Å². The lowest BCUT2D eigenvalue weighted by Gasteiger charge is -1.95. The number of ether oxygens (including phenoxy) is 1. The summed E-state index contributed by atoms with van der Waals surface area (Å²) in [4.78, 5) is 14.8. The SMILES string of the molecule is Bc1sc(Cl)nc1CC(=O)OC. The van der Waals surface area contributed by atoms with E-state index in [-0.39, 0.29) is 12.4 Å². The van der Waals surface area contributed by atoms with Gasteiger partial charge in [0.2, 0.25) is 0 Å². The predicted octanol–water partition coefficient (Wildman–Crippen LogP) is -0.230. The zero-order chi connectivity index (χ0) is 9.14. The molecule has 0 saturated carbocycles. The van der Waals surface area contributed by atoms with Crippen molar-refractivity contribution < 1.29 is 9.53 Å². The Morgan fingerprint density at radius 1 is 1.83 bits per heavy atom. The molecule has 64 valence electrons. The molecular weight excluding hydrogens is 196 g/mol. The van der Waals surface area contributed by atoms with Crippen LogP contribution in [0.4, 0.5) is 0 Å². The van der Waals surface area contributed by atoms with Gasteiger partial charge >= 0.3 is 5.97 Å². The highest BCUT2D eigenvalue weighted by Crippen LogP contribution is 2.12. The smallest absolute Gasteiger partial charge is 0.311 e. The first-order chi connectivity index (χ1) is 5.63. The molecule has 0 saturated heterocycles. The third kappa shape index (κ3) is 2.22. The zero-order valence-electron chi connectivity index (χ0n) is 6.76. The first kappa shape index (κ1) is 9.54. The molecule has 0 aliphatic carbocycles. The molecule has 0 atom stereocenters. The summed E-state index contributed by atoms with van der Waals surface area (Å²) in [6.45, 7) is 0. The van der Waals surface area contributed by atoms with E-state index in [9.17, 15) is 4.79 Å². The third-order valence-electron chi connectivity index (χ3n) is 1.41. The predicted molar refractivity (Wildman–Crippen MR) is 51.0 cm³/mol. The standard InChI is InChI=1S/C6H7BClNO2S/c1-11-4(10)2-3-5(7)12-6(8)9-3/h2,7H2,1H3. The second-order valence-electron chi connectivity index (χ2n) is 2.22. The zero-order valence-corrected chi connectivity index (χ0v) is 8.33. The minimum atomic E-state index is -0.292. The normalized spacial score (nSPS) is 9.83. The molecule has 12 heavy (non-hydrogen) atoms. The maximum absolute atomic E-state index is 10.8. The summed E-state index contributed by atoms with van der Waals surface area (Å²) in [5, 5.41) is 0. The Hall–Kier alpha value is -0.545. The molecule has 3 nitrogen and oxygen atoms in total. The van der Waals surface area contributed by atoms with Crippen LogP contribution in [0.5, 0.6) is 0 Å². The van der Waals surface area contributed by atoms with Crippen molar-refractivity contribution in [3.63, 3.8) is 0 Å². The fraction of sp³-hybridized carbons (Fsp3) is 0.333. The Morgan fingerprint density at radius 3 is 2.92 bits per heavy atom. The van der Waals surface area contributed by atoms with Crippen molar-refractivity contribution in [1.29, 1.82) is 0 Å². The van der Waals surface area contributed by atoms with Crippen LogP contribution < -0.4 is 4.78 Å². The van der Waals surface area contributed by atoms with Gasteiger partial charge in [-0.3, -0.25) is 4.79 Å². The van der Waals surface area contributed by atoms with Crippen LogP contribution in [-0.4, -0.2) is 25.9 Å². The molecule has 0 bridgehead atoms. The molecule has 6 heteroatoms. The third-order valence-corrected chi connectivity index (χ3v) is 2.52. The maximum atomic E-state index is 10.8. The van der Waals surface area contributed by atoms with E-state index in [2.05, 4.69) is 9.72 Å². The van der Waals surface area contributed by atoms with Crippen LogP contribution in [0.25, 0.3) is 0 Å². The van der Waals surface area contributed by atoms with Crippen molar-refractivity contribution in [2.75, 3.05) is 7.11 Å². The monoisotopic (exact) mass is 203 g/mol. The van der Waals surface area contributed by atoms with Gasteiger partial charge < -0.3 is 4.74 Å². The van der Waals surface area contributed by atoms with Gasteiger partial charge in [0, 0.05) is 0 Å². The van der Waals surface area contributed by atoms with Crippen LogP contribution in [0.15, 0.2) is 0 Å². The van der Waals surface area contributed by atoms with Gasteiger partial charge in [-0.25, -0.2) is 4.98 Å². The highest BCUT2D eigenvalue weighted by Gasteiger charge is 2.10. The summed E-state index contributed by atoms with van der Waals surface area (Å²) in [6.07, 6.45) is 0.200. The molecule has 0 spiro atoms. The van der Waals surface area contributed by atoms with Crippen LogP contribution in [0.1, 0.15) is 5.69 Å². The number of carbonyl (C=O) groups excluding carboxylic acids is 1. The van der Waals surface area contributed by atoms with Crippen molar-refractivity contribution in [2.24, 2.45) is 0 Å². The first-order valence-corrected chi connectivity index (χ1v) is 4.51. The summed E-state index contributed by atoms with van der Waals surface area (Å²) in [5.41, 5.74) is 0.705. The van der Waals surface area contributed by atoms with E-state index < -0.39 is 0 Å². The molecule has 0 fully saturated rings. The molecule has 0 aliphatic heterocycles. The lowest BCUT2D eigenvalue weighted by Crippen LogP contribution is -2.12. The van der Waals surface area contributed by atoms with E-state index in [4.69, 9.17) is 11.6 Å². The van der Waals surface area contributed by atoms with Crippen molar-refractivity contribution in [3.8, 4) is 0 Å². The van der Waals surface area contributed by atoms with Crippen LogP contribution in [0.3, 0.4) is 0 Å². The van der Waals surface area contributed by atoms with Gasteiger partial charge in [-0.2, -0.15) is 0 Å². The number of halogens is 1. The molecule has 1 heterocycles. The summed E-state index contributed by atoms with van der Waals surface area (Å²) >= 11 is 7.02. The molecule has 0 amide bonds. The molecule has 0 radical (unpaired) electrons. The van der Waals surface area contributed by atoms with Crippen LogP contribution in [0, 0.1) is 0 Å². The second-order valence-corrected chi connectivity index (χ2v) is 4.01. The van der Waals surface area contributed by atoms with Crippen LogP contribution >= 0.6 is 22.9 Å². The molecule has 0 aromatic carbocycles. The number of carbonyl (C=O) groups is 1. The Morgan fingerprint density at radius 2 is 2.50 bits per heavy atom. The first-order valence-electron chi connectivity index (χ1n) is 3.32. The quantitative estimate of drug-likeness (QED) is 0.492. The lowest BCUT2D eigenvalue weighted by atomic mass is 10.0. The number of nitrogens with zero attached hydrogens (tertiary/aromatic N) is 1. The number of esters is 1. The van der Waals surface area contributed by atoms with Gasteiger partial charge in [-0.15, -0.1) is 11.3 Å². The molecule has 1 rings (SSSR count). The van der Waals surface area contributed by atoms with Crippen LogP contribution in [0.2, 0.25) is 4.47 Å². The summed E-state index contributed by atoms with van der Waals surface area (Å²) < 4.78 is 5.93. The second kappa shape index (κ2) is 3.91. The Kier molecular flexibility index (Phi) is 3.11. The van der Waals surface area contributed by atoms with Crippen LogP contribution in [-0.2, 0) is 16.0 Å². The lowest BCUT2D eigenvalue weighted by molar-refractivity contribution is -0.139. The van der Waals surface area contributed by atoms with Crippen molar-refractivity contribution in [2.45, 2.75) is 6.42 Å². The minimum Gasteiger partial charge on any atom is -0.469 e. The Labute approximate surface area is 80.1 Å². The van der Waals surface area contributed by atoms with Gasteiger partial charge in [0.05, 0.1) is 19.2 Å². The Bertz CT molecular complexity index is 302. The number of thiazole rings is 1. The summed E-state index contributed by atoms with van der Waals surface area (Å²) in [7, 11) is 3.23. The van der Waals surface area contributed by atoms with Crippen molar-refractivity contribution >= 4 is 41.5 Å². The van der Waals surface area contributed by atoms with Gasteiger partial charge in [0.25, 0.3) is 0 Å². The van der Waals surface area contributed by atoms with E-state index in [1.165, 1.54) is 18.4 Å². The van der Waals surface area contributed by atoms with E-state index in [1.54, 1.807) is 0 Å². The van der Waals surface area contributed by atoms with Crippen molar-refractivity contribution in [3.05, 3.63) is 10.2 Å². The topological polar surface area (TPSA) is 39.2 Å². The fourth-order valence-corrected chi connectivity index (χ4v) is 1.86. The summed E-state index contributed by atoms with van der Waals surface area (Å²) in [5.74, 6) is -0.292. The average molecular weight is 203 g/mol. The Balaban J connectivity index is 2.75. The molecule has 1 aromatic heterocycles. The molecule has 0 N–H and O–H groups in total. The van der Waals surface area contributed by atoms with Gasteiger partial charge in [-0.05, 0) is 4.78 Å². The number of rotatable bonds is 2. The number of aromatic nitrogens is 1. The maximum Gasteiger partial charge on any atom is 0.311 e. The van der Waals surface area contributed by atoms with E-state index in [0.29, 0.717) is 10.2 Å². The minimum absolute atomic E-state index is 0.200. The van der Waals surface area contributed by atoms with E-state index >= 15 is 0 Å². The highest BCUT2D eigenvalue weighted by molar-refractivity contribution is 7.23. The van der Waals surface area contributed by atoms with Gasteiger partial charge in [0.15, 0.2) is 12.3 Å². The molecule has 0 aliphatic rings. The average Bonchev–Trinajstić information content (AvgIpc) is 2.30. The van der Waals surface area contributed by atoms with Gasteiger partial charge in [0.1, 0.15) is 0 Å². The number of methoxy groups -OCH3 is 1. The largest absolute Gasteiger partial charge is 0.469 e. The summed E-state index contributed by atoms with van der Waals surface area (Å²) in [6, 6.07) is 0. The number of hydrogen-bond donors (Lipinski definition) is 0. The van der Waals surface area contributed by atoms with Gasteiger partial charge in [-0.1, -0.05) is 11.6 Å². The molecular formula is C6H7BClNO2S. The fourth-order valence-electron chi connectivity index (χ4n) is 0.766. The van der Waals surface area contributed by atoms with E-state index in [1.807, 2.05) is 7.85 Å². The highest BCUT2D eigenvalue weighted by atomic mass is 35.5. The number of hydrogen-bond acceptors (Lipinski definition) is 4.